The van der Waals surface area contributed by atoms with Crippen molar-refractivity contribution in [1.29, 1.82) is 0 Å². The van der Waals surface area contributed by atoms with Crippen molar-refractivity contribution in [3.63, 3.8) is 0 Å². The number of para-hydroxylation sites is 1. The number of likely N-dealkylation sites (tertiary alicyclic amines) is 1. The van der Waals surface area contributed by atoms with Gasteiger partial charge in [-0.15, -0.1) is 0 Å². The minimum absolute atomic E-state index is 0.0536. The average molecular weight is 469 g/mol. The summed E-state index contributed by atoms with van der Waals surface area (Å²) in [6.07, 6.45) is 1.72. The fourth-order valence-electron chi connectivity index (χ4n) is 3.94. The highest BCUT2D eigenvalue weighted by Crippen LogP contribution is 2.19. The Balaban J connectivity index is 1.33. The highest BCUT2D eigenvalue weighted by atomic mass is 16.5. The van der Waals surface area contributed by atoms with Crippen LogP contribution in [0.25, 0.3) is 0 Å². The number of hydrogen-bond donors (Lipinski definition) is 1. The van der Waals surface area contributed by atoms with E-state index in [1.165, 1.54) is 0 Å². The predicted molar refractivity (Wildman–Crippen MR) is 130 cm³/mol. The van der Waals surface area contributed by atoms with E-state index in [0.29, 0.717) is 71.9 Å². The molecule has 0 bridgehead atoms. The topological polar surface area (TPSA) is 77.1 Å². The maximum absolute atomic E-state index is 12.7. The second-order valence-corrected chi connectivity index (χ2v) is 8.35. The predicted octanol–water partition coefficient (Wildman–Crippen LogP) is 3.56. The molecule has 0 aromatic heterocycles. The SMILES string of the molecule is CCOCCOCc1cccc(CNC(=O)C2CCN(C(=O)CCOc3ccccc3)CC2)c1. The Morgan fingerprint density at radius 2 is 1.68 bits per heavy atom. The maximum atomic E-state index is 12.7. The number of hydrogen-bond acceptors (Lipinski definition) is 5. The number of piperidine rings is 1. The van der Waals surface area contributed by atoms with Gasteiger partial charge < -0.3 is 24.4 Å². The van der Waals surface area contributed by atoms with Gasteiger partial charge in [0.2, 0.25) is 11.8 Å². The van der Waals surface area contributed by atoms with Gasteiger partial charge in [-0.05, 0) is 43.0 Å². The fourth-order valence-corrected chi connectivity index (χ4v) is 3.94. The number of nitrogens with one attached hydrogen (secondary N) is 1. The second kappa shape index (κ2) is 14.4. The van der Waals surface area contributed by atoms with Gasteiger partial charge in [0.1, 0.15) is 5.75 Å². The fraction of sp³-hybridized carbons (Fsp3) is 0.481. The monoisotopic (exact) mass is 468 g/mol. The Labute approximate surface area is 202 Å². The summed E-state index contributed by atoms with van der Waals surface area (Å²) in [5, 5.41) is 3.05. The molecule has 0 aliphatic carbocycles. The Kier molecular flexibility index (Phi) is 10.9. The number of carbonyl (C=O) groups excluding carboxylic acids is 2. The van der Waals surface area contributed by atoms with Crippen molar-refractivity contribution < 1.29 is 23.8 Å². The van der Waals surface area contributed by atoms with Crippen molar-refractivity contribution in [2.45, 2.75) is 39.3 Å². The smallest absolute Gasteiger partial charge is 0.225 e. The van der Waals surface area contributed by atoms with E-state index in [1.54, 1.807) is 0 Å². The molecular weight excluding hydrogens is 432 g/mol. The molecule has 2 amide bonds. The summed E-state index contributed by atoms with van der Waals surface area (Å²) in [5.74, 6) is 0.841. The van der Waals surface area contributed by atoms with E-state index in [4.69, 9.17) is 14.2 Å². The molecule has 3 rings (SSSR count). The summed E-state index contributed by atoms with van der Waals surface area (Å²) in [7, 11) is 0. The van der Waals surface area contributed by atoms with Crippen LogP contribution in [0.1, 0.15) is 37.3 Å². The lowest BCUT2D eigenvalue weighted by atomic mass is 9.95. The van der Waals surface area contributed by atoms with Gasteiger partial charge in [-0.2, -0.15) is 0 Å². The van der Waals surface area contributed by atoms with Crippen molar-refractivity contribution in [2.75, 3.05) is 39.5 Å². The molecule has 1 heterocycles. The van der Waals surface area contributed by atoms with Gasteiger partial charge in [0, 0.05) is 32.2 Å². The van der Waals surface area contributed by atoms with Crippen molar-refractivity contribution in [3.8, 4) is 5.75 Å². The number of nitrogens with zero attached hydrogens (tertiary/aromatic N) is 1. The molecule has 1 saturated heterocycles. The Bertz CT molecular complexity index is 882. The van der Waals surface area contributed by atoms with Crippen LogP contribution in [0.2, 0.25) is 0 Å². The lowest BCUT2D eigenvalue weighted by molar-refractivity contribution is -0.136. The van der Waals surface area contributed by atoms with Crippen LogP contribution in [-0.2, 0) is 32.2 Å². The van der Waals surface area contributed by atoms with Crippen LogP contribution < -0.4 is 10.1 Å². The zero-order chi connectivity index (χ0) is 24.0. The summed E-state index contributed by atoms with van der Waals surface area (Å²) >= 11 is 0. The number of benzene rings is 2. The molecule has 184 valence electrons. The molecule has 1 aliphatic rings. The van der Waals surface area contributed by atoms with Gasteiger partial charge in [0.15, 0.2) is 0 Å². The third-order valence-corrected chi connectivity index (χ3v) is 5.85. The zero-order valence-corrected chi connectivity index (χ0v) is 20.0. The van der Waals surface area contributed by atoms with Crippen LogP contribution in [-0.4, -0.2) is 56.2 Å². The summed E-state index contributed by atoms with van der Waals surface area (Å²) < 4.78 is 16.5. The van der Waals surface area contributed by atoms with Crippen molar-refractivity contribution in [3.05, 3.63) is 65.7 Å². The van der Waals surface area contributed by atoms with Crippen LogP contribution in [0.4, 0.5) is 0 Å². The Morgan fingerprint density at radius 3 is 2.44 bits per heavy atom. The summed E-state index contributed by atoms with van der Waals surface area (Å²) in [6.45, 7) is 6.41. The molecule has 0 radical (unpaired) electrons. The maximum Gasteiger partial charge on any atom is 0.225 e. The van der Waals surface area contributed by atoms with Crippen LogP contribution in [0.5, 0.6) is 5.75 Å². The van der Waals surface area contributed by atoms with Gasteiger partial charge in [0.05, 0.1) is 32.8 Å². The second-order valence-electron chi connectivity index (χ2n) is 8.35. The third kappa shape index (κ3) is 8.80. The average Bonchev–Trinajstić information content (AvgIpc) is 2.88. The highest BCUT2D eigenvalue weighted by Gasteiger charge is 2.27. The molecule has 2 aromatic rings. The van der Waals surface area contributed by atoms with E-state index in [9.17, 15) is 9.59 Å². The molecule has 2 aromatic carbocycles. The molecule has 34 heavy (non-hydrogen) atoms. The summed E-state index contributed by atoms with van der Waals surface area (Å²) in [6, 6.07) is 17.6. The number of ether oxygens (including phenoxy) is 3. The molecule has 0 spiro atoms. The van der Waals surface area contributed by atoms with E-state index < -0.39 is 0 Å². The first-order chi connectivity index (χ1) is 16.7. The summed E-state index contributed by atoms with van der Waals surface area (Å²) in [4.78, 5) is 27.0. The van der Waals surface area contributed by atoms with E-state index in [-0.39, 0.29) is 17.7 Å². The lowest BCUT2D eigenvalue weighted by Gasteiger charge is -2.31. The molecule has 1 fully saturated rings. The molecule has 1 N–H and O–H groups in total. The van der Waals surface area contributed by atoms with Gasteiger partial charge in [0.25, 0.3) is 0 Å². The number of rotatable bonds is 13. The molecular formula is C27H36N2O5. The first kappa shape index (κ1) is 25.7. The van der Waals surface area contributed by atoms with E-state index in [0.717, 1.165) is 16.9 Å². The third-order valence-electron chi connectivity index (χ3n) is 5.85. The molecule has 0 atom stereocenters. The highest BCUT2D eigenvalue weighted by molar-refractivity contribution is 5.80. The molecule has 1 aliphatic heterocycles. The Morgan fingerprint density at radius 1 is 0.941 bits per heavy atom. The van der Waals surface area contributed by atoms with Crippen molar-refractivity contribution >= 4 is 11.8 Å². The van der Waals surface area contributed by atoms with Crippen LogP contribution in [0, 0.1) is 5.92 Å². The molecule has 0 saturated carbocycles. The Hall–Kier alpha value is -2.90. The van der Waals surface area contributed by atoms with Gasteiger partial charge in [-0.3, -0.25) is 9.59 Å². The molecule has 7 heteroatoms. The lowest BCUT2D eigenvalue weighted by Crippen LogP contribution is -2.43. The van der Waals surface area contributed by atoms with Gasteiger partial charge in [-0.1, -0.05) is 42.5 Å². The molecule has 7 nitrogen and oxygen atoms in total. The number of carbonyl (C=O) groups is 2. The minimum atomic E-state index is -0.0605. The van der Waals surface area contributed by atoms with Crippen LogP contribution in [0.3, 0.4) is 0 Å². The van der Waals surface area contributed by atoms with E-state index in [2.05, 4.69) is 11.4 Å². The van der Waals surface area contributed by atoms with E-state index in [1.807, 2.05) is 60.4 Å². The van der Waals surface area contributed by atoms with Gasteiger partial charge in [-0.25, -0.2) is 0 Å². The standard InChI is InChI=1S/C27H36N2O5/c1-2-32-17-18-33-21-23-8-6-7-22(19-23)20-28-27(31)24-11-14-29(15-12-24)26(30)13-16-34-25-9-4-3-5-10-25/h3-10,19,24H,2,11-18,20-21H2,1H3,(H,28,31). The van der Waals surface area contributed by atoms with Crippen molar-refractivity contribution in [1.82, 2.24) is 10.2 Å². The van der Waals surface area contributed by atoms with Gasteiger partial charge >= 0.3 is 0 Å². The quantitative estimate of drug-likeness (QED) is 0.455. The van der Waals surface area contributed by atoms with Crippen LogP contribution >= 0.6 is 0 Å². The van der Waals surface area contributed by atoms with E-state index >= 15 is 0 Å². The minimum Gasteiger partial charge on any atom is -0.493 e. The molecule has 0 unspecified atom stereocenters. The normalized spacial score (nSPS) is 14.1. The first-order valence-electron chi connectivity index (χ1n) is 12.1. The largest absolute Gasteiger partial charge is 0.493 e. The van der Waals surface area contributed by atoms with Crippen molar-refractivity contribution in [2.24, 2.45) is 5.92 Å². The summed E-state index contributed by atoms with van der Waals surface area (Å²) in [5.41, 5.74) is 2.12. The zero-order valence-electron chi connectivity index (χ0n) is 20.0. The number of amides is 2. The first-order valence-corrected chi connectivity index (χ1v) is 12.1. The van der Waals surface area contributed by atoms with Crippen LogP contribution in [0.15, 0.2) is 54.6 Å².